The van der Waals surface area contributed by atoms with Crippen LogP contribution in [0.15, 0.2) is 0 Å². The van der Waals surface area contributed by atoms with E-state index in [4.69, 9.17) is 4.74 Å². The number of rotatable bonds is 2. The highest BCUT2D eigenvalue weighted by Crippen LogP contribution is 2.34. The van der Waals surface area contributed by atoms with Gasteiger partial charge in [-0.05, 0) is 30.6 Å². The van der Waals surface area contributed by atoms with Crippen LogP contribution < -0.4 is 0 Å². The Balaban J connectivity index is 2.58. The quantitative estimate of drug-likeness (QED) is 0.633. The maximum absolute atomic E-state index is 10.1. The zero-order valence-electron chi connectivity index (χ0n) is 8.04. The van der Waals surface area contributed by atoms with E-state index >= 15 is 0 Å². The molecule has 0 bridgehead atoms. The van der Waals surface area contributed by atoms with Crippen LogP contribution >= 0.6 is 0 Å². The van der Waals surface area contributed by atoms with Gasteiger partial charge < -0.3 is 4.74 Å². The smallest absolute Gasteiger partial charge is 0.417 e. The van der Waals surface area contributed by atoms with E-state index in [2.05, 4.69) is 20.8 Å². The Labute approximate surface area is 74.3 Å². The van der Waals surface area contributed by atoms with E-state index in [0.29, 0.717) is 17.8 Å². The van der Waals surface area contributed by atoms with Gasteiger partial charge in [0.25, 0.3) is 0 Å². The first kappa shape index (κ1) is 9.56. The molecule has 0 aromatic heterocycles. The minimum Gasteiger partial charge on any atom is -0.453 e. The Morgan fingerprint density at radius 2 is 1.75 bits per heavy atom. The van der Waals surface area contributed by atoms with Gasteiger partial charge in [-0.3, -0.25) is 0 Å². The number of carbonyl (C=O) groups excluding carboxylic acids is 1. The van der Waals surface area contributed by atoms with Gasteiger partial charge in [-0.2, -0.15) is 0 Å². The summed E-state index contributed by atoms with van der Waals surface area (Å²) in [5.74, 6) is 1.65. The van der Waals surface area contributed by atoms with Crippen LogP contribution in [0.1, 0.15) is 33.6 Å². The molecular formula is C10H17O2. The Kier molecular flexibility index (Phi) is 3.12. The molecule has 69 valence electrons. The second-order valence-electron chi connectivity index (χ2n) is 4.06. The molecule has 1 aliphatic carbocycles. The summed E-state index contributed by atoms with van der Waals surface area (Å²) in [6.45, 7) is 8.09. The zero-order chi connectivity index (χ0) is 9.14. The number of hydrogen-bond acceptors (Lipinski definition) is 2. The van der Waals surface area contributed by atoms with Crippen molar-refractivity contribution in [2.75, 3.05) is 0 Å². The third-order valence-corrected chi connectivity index (χ3v) is 3.24. The van der Waals surface area contributed by atoms with Crippen LogP contribution in [0.2, 0.25) is 0 Å². The third kappa shape index (κ3) is 1.79. The van der Waals surface area contributed by atoms with Crippen molar-refractivity contribution in [1.82, 2.24) is 0 Å². The van der Waals surface area contributed by atoms with Crippen molar-refractivity contribution in [3.63, 3.8) is 0 Å². The molecule has 1 fully saturated rings. The molecule has 0 N–H and O–H groups in total. The van der Waals surface area contributed by atoms with Crippen molar-refractivity contribution in [1.29, 1.82) is 0 Å². The molecule has 1 rings (SSSR count). The predicted molar refractivity (Wildman–Crippen MR) is 47.3 cm³/mol. The molecule has 2 nitrogen and oxygen atoms in total. The summed E-state index contributed by atoms with van der Waals surface area (Å²) in [6, 6.07) is 0. The molecule has 2 heteroatoms. The van der Waals surface area contributed by atoms with Crippen molar-refractivity contribution >= 4 is 6.47 Å². The Hall–Kier alpha value is -0.530. The zero-order valence-corrected chi connectivity index (χ0v) is 8.04. The fourth-order valence-electron chi connectivity index (χ4n) is 2.07. The highest BCUT2D eigenvalue weighted by molar-refractivity contribution is 5.38. The second-order valence-corrected chi connectivity index (χ2v) is 4.06. The van der Waals surface area contributed by atoms with E-state index in [1.165, 1.54) is 6.42 Å². The third-order valence-electron chi connectivity index (χ3n) is 3.24. The van der Waals surface area contributed by atoms with Crippen LogP contribution in [0.4, 0.5) is 0 Å². The number of hydrogen-bond donors (Lipinski definition) is 0. The minimum absolute atomic E-state index is 0.0891. The Bertz CT molecular complexity index is 156. The van der Waals surface area contributed by atoms with Gasteiger partial charge in [0.1, 0.15) is 6.10 Å². The SMILES string of the molecule is CC1CCC(C)C(O[C]=O)C1C. The van der Waals surface area contributed by atoms with Crippen LogP contribution in [-0.2, 0) is 9.53 Å². The Morgan fingerprint density at radius 3 is 2.33 bits per heavy atom. The first-order valence-electron chi connectivity index (χ1n) is 4.69. The highest BCUT2D eigenvalue weighted by Gasteiger charge is 2.33. The van der Waals surface area contributed by atoms with Crippen LogP contribution in [0.3, 0.4) is 0 Å². The van der Waals surface area contributed by atoms with Crippen molar-refractivity contribution in [2.24, 2.45) is 17.8 Å². The molecule has 12 heavy (non-hydrogen) atoms. The van der Waals surface area contributed by atoms with Crippen LogP contribution in [-0.4, -0.2) is 12.6 Å². The lowest BCUT2D eigenvalue weighted by atomic mass is 9.74. The molecule has 1 radical (unpaired) electrons. The molecule has 0 amide bonds. The van der Waals surface area contributed by atoms with Crippen molar-refractivity contribution in [3.05, 3.63) is 0 Å². The largest absolute Gasteiger partial charge is 0.453 e. The summed E-state index contributed by atoms with van der Waals surface area (Å²) in [5.41, 5.74) is 0. The highest BCUT2D eigenvalue weighted by atomic mass is 16.5. The predicted octanol–water partition coefficient (Wildman–Crippen LogP) is 2.14. The monoisotopic (exact) mass is 169 g/mol. The lowest BCUT2D eigenvalue weighted by Gasteiger charge is -2.36. The van der Waals surface area contributed by atoms with Gasteiger partial charge >= 0.3 is 6.47 Å². The van der Waals surface area contributed by atoms with Gasteiger partial charge in [-0.25, -0.2) is 4.79 Å². The first-order chi connectivity index (χ1) is 5.66. The van der Waals surface area contributed by atoms with Gasteiger partial charge in [0, 0.05) is 0 Å². The molecular weight excluding hydrogens is 152 g/mol. The topological polar surface area (TPSA) is 26.3 Å². The van der Waals surface area contributed by atoms with Crippen LogP contribution in [0.25, 0.3) is 0 Å². The Morgan fingerprint density at radius 1 is 1.17 bits per heavy atom. The molecule has 4 unspecified atom stereocenters. The lowest BCUT2D eigenvalue weighted by molar-refractivity contribution is 0.0144. The summed E-state index contributed by atoms with van der Waals surface area (Å²) in [7, 11) is 0. The first-order valence-corrected chi connectivity index (χ1v) is 4.69. The van der Waals surface area contributed by atoms with Gasteiger partial charge in [-0.1, -0.05) is 20.8 Å². The summed E-state index contributed by atoms with van der Waals surface area (Å²) in [6.07, 6.45) is 2.50. The van der Waals surface area contributed by atoms with Crippen molar-refractivity contribution in [3.8, 4) is 0 Å². The fraction of sp³-hybridized carbons (Fsp3) is 0.900. The molecule has 0 aromatic rings. The van der Waals surface area contributed by atoms with Gasteiger partial charge in [0.15, 0.2) is 0 Å². The van der Waals surface area contributed by atoms with E-state index in [9.17, 15) is 4.79 Å². The second kappa shape index (κ2) is 3.92. The standard InChI is InChI=1S/C10H17O2/c1-7-4-5-8(2)10(9(7)3)12-6-11/h7-10H,4-5H2,1-3H3. The van der Waals surface area contributed by atoms with E-state index in [1.54, 1.807) is 6.47 Å². The number of ether oxygens (including phenoxy) is 1. The summed E-state index contributed by atoms with van der Waals surface area (Å²) in [4.78, 5) is 10.1. The maximum atomic E-state index is 10.1. The van der Waals surface area contributed by atoms with E-state index < -0.39 is 0 Å². The maximum Gasteiger partial charge on any atom is 0.417 e. The molecule has 0 aliphatic heterocycles. The molecule has 1 saturated carbocycles. The van der Waals surface area contributed by atoms with Gasteiger partial charge in [-0.15, -0.1) is 0 Å². The van der Waals surface area contributed by atoms with Crippen LogP contribution in [0, 0.1) is 17.8 Å². The normalized spacial score (nSPS) is 42.2. The molecule has 4 atom stereocenters. The van der Waals surface area contributed by atoms with Crippen LogP contribution in [0.5, 0.6) is 0 Å². The molecule has 1 aliphatic rings. The van der Waals surface area contributed by atoms with Crippen molar-refractivity contribution < 1.29 is 9.53 Å². The molecule has 0 spiro atoms. The van der Waals surface area contributed by atoms with Gasteiger partial charge in [0.05, 0.1) is 0 Å². The molecule has 0 heterocycles. The van der Waals surface area contributed by atoms with E-state index in [-0.39, 0.29) is 6.10 Å². The average Bonchev–Trinajstić information content (AvgIpc) is 2.06. The van der Waals surface area contributed by atoms with E-state index in [1.807, 2.05) is 0 Å². The summed E-state index contributed by atoms with van der Waals surface area (Å²) in [5, 5.41) is 0. The van der Waals surface area contributed by atoms with Crippen molar-refractivity contribution in [2.45, 2.75) is 39.7 Å². The fourth-order valence-corrected chi connectivity index (χ4v) is 2.07. The molecule has 0 saturated heterocycles. The minimum atomic E-state index is 0.0891. The van der Waals surface area contributed by atoms with Gasteiger partial charge in [0.2, 0.25) is 0 Å². The average molecular weight is 169 g/mol. The molecule has 0 aromatic carbocycles. The summed E-state index contributed by atoms with van der Waals surface area (Å²) < 4.78 is 4.97. The van der Waals surface area contributed by atoms with E-state index in [0.717, 1.165) is 6.42 Å². The lowest BCUT2D eigenvalue weighted by Crippen LogP contribution is -2.37. The summed E-state index contributed by atoms with van der Waals surface area (Å²) >= 11 is 0.